The summed E-state index contributed by atoms with van der Waals surface area (Å²) < 4.78 is 14.6. The molecule has 1 aliphatic rings. The Hall–Kier alpha value is -1.86. The second kappa shape index (κ2) is 7.17. The van der Waals surface area contributed by atoms with Crippen molar-refractivity contribution in [2.45, 2.75) is 26.4 Å². The minimum atomic E-state index is -1.45. The number of piperidine rings is 1. The highest BCUT2D eigenvalue weighted by molar-refractivity contribution is 6.30. The number of nitrogens with one attached hydrogen (secondary N) is 1. The molecule has 1 aromatic carbocycles. The summed E-state index contributed by atoms with van der Waals surface area (Å²) in [5, 5.41) is 22.2. The van der Waals surface area contributed by atoms with Gasteiger partial charge in [0, 0.05) is 35.5 Å². The number of nitrogens with zero attached hydrogens (tertiary/aromatic N) is 1. The van der Waals surface area contributed by atoms with Gasteiger partial charge >= 0.3 is 6.09 Å². The zero-order chi connectivity index (χ0) is 18.9. The smallest absolute Gasteiger partial charge is 0.405 e. The Morgan fingerprint density at radius 2 is 1.92 bits per heavy atom. The number of carbonyl (C=O) groups excluding carboxylic acids is 1. The van der Waals surface area contributed by atoms with Gasteiger partial charge in [-0.25, -0.2) is 9.18 Å². The Morgan fingerprint density at radius 1 is 1.36 bits per heavy atom. The van der Waals surface area contributed by atoms with E-state index in [9.17, 15) is 19.1 Å². The predicted octanol–water partition coefficient (Wildman–Crippen LogP) is 2.36. The molecule has 1 heterocycles. The van der Waals surface area contributed by atoms with Gasteiger partial charge in [-0.1, -0.05) is 25.4 Å². The van der Waals surface area contributed by atoms with E-state index in [1.165, 1.54) is 11.0 Å². The molecule has 0 aliphatic carbocycles. The van der Waals surface area contributed by atoms with Crippen LogP contribution in [0.3, 0.4) is 0 Å². The van der Waals surface area contributed by atoms with E-state index < -0.39 is 29.3 Å². The molecule has 1 fully saturated rings. The van der Waals surface area contributed by atoms with E-state index in [2.05, 4.69) is 0 Å². The Bertz CT molecular complexity index is 662. The molecule has 0 bridgehead atoms. The lowest BCUT2D eigenvalue weighted by Gasteiger charge is -2.48. The zero-order valence-corrected chi connectivity index (χ0v) is 15.1. The summed E-state index contributed by atoms with van der Waals surface area (Å²) in [6.45, 7) is 5.24. The van der Waals surface area contributed by atoms with E-state index >= 15 is 0 Å². The van der Waals surface area contributed by atoms with Crippen molar-refractivity contribution in [3.63, 3.8) is 0 Å². The standard InChI is InChI=1S/C17H22ClFN2O4/c1-9-4-12(18)5-13(19)15(9)17(25)10(2)7-21(8-11(17)3)14(22)6-20-16(23)24/h4-5,10-11,20,25H,6-8H2,1-3H3,(H,23,24)/t10-,11+,17?. The summed E-state index contributed by atoms with van der Waals surface area (Å²) in [6, 6.07) is 2.78. The van der Waals surface area contributed by atoms with Gasteiger partial charge < -0.3 is 20.4 Å². The number of amides is 2. The molecule has 2 rings (SSSR count). The third-order valence-corrected chi connectivity index (χ3v) is 5.11. The molecular weight excluding hydrogens is 351 g/mol. The largest absolute Gasteiger partial charge is 0.465 e. The number of hydrogen-bond acceptors (Lipinski definition) is 3. The maximum Gasteiger partial charge on any atom is 0.405 e. The molecule has 8 heteroatoms. The van der Waals surface area contributed by atoms with Gasteiger partial charge in [-0.05, 0) is 24.6 Å². The second-order valence-electron chi connectivity index (χ2n) is 6.66. The molecule has 3 N–H and O–H groups in total. The lowest BCUT2D eigenvalue weighted by Crippen LogP contribution is -2.57. The van der Waals surface area contributed by atoms with Gasteiger partial charge in [-0.3, -0.25) is 4.79 Å². The highest BCUT2D eigenvalue weighted by Gasteiger charge is 2.48. The molecule has 2 amide bonds. The van der Waals surface area contributed by atoms with E-state index in [4.69, 9.17) is 16.7 Å². The Labute approximate surface area is 150 Å². The van der Waals surface area contributed by atoms with Gasteiger partial charge in [0.05, 0.1) is 0 Å². The van der Waals surface area contributed by atoms with Crippen molar-refractivity contribution < 1.29 is 24.2 Å². The minimum absolute atomic E-state index is 0.197. The van der Waals surface area contributed by atoms with E-state index in [-0.39, 0.29) is 36.1 Å². The summed E-state index contributed by atoms with van der Waals surface area (Å²) in [5.74, 6) is -1.84. The van der Waals surface area contributed by atoms with Crippen LogP contribution in [0.15, 0.2) is 12.1 Å². The summed E-state index contributed by atoms with van der Waals surface area (Å²) in [6.07, 6.45) is -1.28. The Balaban J connectivity index is 2.28. The molecule has 3 atom stereocenters. The number of carboxylic acid groups (broad SMARTS) is 1. The maximum atomic E-state index is 14.6. The fourth-order valence-corrected chi connectivity index (χ4v) is 3.93. The molecule has 6 nitrogen and oxygen atoms in total. The topological polar surface area (TPSA) is 89.9 Å². The van der Waals surface area contributed by atoms with Crippen molar-refractivity contribution in [2.75, 3.05) is 19.6 Å². The van der Waals surface area contributed by atoms with Gasteiger partial charge in [0.25, 0.3) is 0 Å². The Morgan fingerprint density at radius 3 is 2.40 bits per heavy atom. The van der Waals surface area contributed by atoms with Crippen LogP contribution in [0.1, 0.15) is 25.0 Å². The molecule has 138 valence electrons. The van der Waals surface area contributed by atoms with Crippen LogP contribution >= 0.6 is 11.6 Å². The number of carbonyl (C=O) groups is 2. The number of benzene rings is 1. The number of halogens is 2. The van der Waals surface area contributed by atoms with E-state index in [0.717, 1.165) is 0 Å². The monoisotopic (exact) mass is 372 g/mol. The average molecular weight is 373 g/mol. The van der Waals surface area contributed by atoms with E-state index in [1.807, 2.05) is 5.32 Å². The first-order chi connectivity index (χ1) is 11.6. The molecule has 25 heavy (non-hydrogen) atoms. The summed E-state index contributed by atoms with van der Waals surface area (Å²) in [4.78, 5) is 24.2. The lowest BCUT2D eigenvalue weighted by atomic mass is 9.69. The third kappa shape index (κ3) is 3.72. The van der Waals surface area contributed by atoms with Gasteiger partial charge in [-0.2, -0.15) is 0 Å². The summed E-state index contributed by atoms with van der Waals surface area (Å²) in [7, 11) is 0. The van der Waals surface area contributed by atoms with Crippen molar-refractivity contribution in [1.29, 1.82) is 0 Å². The first-order valence-corrected chi connectivity index (χ1v) is 8.38. The van der Waals surface area contributed by atoms with Gasteiger partial charge in [0.2, 0.25) is 5.91 Å². The van der Waals surface area contributed by atoms with Crippen molar-refractivity contribution in [3.8, 4) is 0 Å². The SMILES string of the molecule is Cc1cc(Cl)cc(F)c1C1(O)[C@H](C)CN(C(=O)CNC(=O)O)C[C@@H]1C. The summed E-state index contributed by atoms with van der Waals surface area (Å²) in [5.41, 5.74) is -0.693. The molecule has 1 unspecified atom stereocenters. The van der Waals surface area contributed by atoms with Crippen molar-refractivity contribution >= 4 is 23.6 Å². The first kappa shape index (κ1) is 19.5. The van der Waals surface area contributed by atoms with Crippen LogP contribution in [0.5, 0.6) is 0 Å². The van der Waals surface area contributed by atoms with E-state index in [0.29, 0.717) is 5.56 Å². The van der Waals surface area contributed by atoms with Crippen LogP contribution in [0.2, 0.25) is 5.02 Å². The van der Waals surface area contributed by atoms with Crippen molar-refractivity contribution in [1.82, 2.24) is 10.2 Å². The van der Waals surface area contributed by atoms with Crippen molar-refractivity contribution in [3.05, 3.63) is 34.1 Å². The molecule has 0 radical (unpaired) electrons. The maximum absolute atomic E-state index is 14.6. The number of aryl methyl sites for hydroxylation is 1. The number of likely N-dealkylation sites (tertiary alicyclic amines) is 1. The normalized spacial score (nSPS) is 26.4. The highest BCUT2D eigenvalue weighted by Crippen LogP contribution is 2.44. The molecule has 1 aliphatic heterocycles. The summed E-state index contributed by atoms with van der Waals surface area (Å²) >= 11 is 5.87. The van der Waals surface area contributed by atoms with Crippen LogP contribution in [0.4, 0.5) is 9.18 Å². The molecule has 0 aromatic heterocycles. The minimum Gasteiger partial charge on any atom is -0.465 e. The molecule has 0 spiro atoms. The van der Waals surface area contributed by atoms with Gasteiger partial charge in [0.1, 0.15) is 18.0 Å². The lowest BCUT2D eigenvalue weighted by molar-refractivity contribution is -0.148. The van der Waals surface area contributed by atoms with Crippen LogP contribution in [0.25, 0.3) is 0 Å². The molecule has 1 saturated heterocycles. The molecular formula is C17H22ClFN2O4. The predicted molar refractivity (Wildman–Crippen MR) is 91.0 cm³/mol. The highest BCUT2D eigenvalue weighted by atomic mass is 35.5. The quantitative estimate of drug-likeness (QED) is 0.759. The van der Waals surface area contributed by atoms with Crippen LogP contribution < -0.4 is 5.32 Å². The van der Waals surface area contributed by atoms with Crippen LogP contribution in [0, 0.1) is 24.6 Å². The van der Waals surface area contributed by atoms with Crippen LogP contribution in [-0.2, 0) is 10.4 Å². The molecule has 0 saturated carbocycles. The second-order valence-corrected chi connectivity index (χ2v) is 7.10. The van der Waals surface area contributed by atoms with Gasteiger partial charge in [-0.15, -0.1) is 0 Å². The number of rotatable bonds is 3. The van der Waals surface area contributed by atoms with Crippen LogP contribution in [-0.4, -0.2) is 46.7 Å². The Kier molecular flexibility index (Phi) is 5.58. The fourth-order valence-electron chi connectivity index (χ4n) is 3.67. The number of hydrogen-bond donors (Lipinski definition) is 3. The molecule has 1 aromatic rings. The zero-order valence-electron chi connectivity index (χ0n) is 14.3. The van der Waals surface area contributed by atoms with E-state index in [1.54, 1.807) is 26.8 Å². The third-order valence-electron chi connectivity index (χ3n) is 4.89. The average Bonchev–Trinajstić information content (AvgIpc) is 2.48. The van der Waals surface area contributed by atoms with Crippen molar-refractivity contribution in [2.24, 2.45) is 11.8 Å². The fraction of sp³-hybridized carbons (Fsp3) is 0.529. The van der Waals surface area contributed by atoms with Gasteiger partial charge in [0.15, 0.2) is 0 Å². The first-order valence-electron chi connectivity index (χ1n) is 8.00. The number of aliphatic hydroxyl groups is 1.